The number of benzene rings is 1. The predicted octanol–water partition coefficient (Wildman–Crippen LogP) is 1.37. The molecule has 0 aliphatic heterocycles. The van der Waals surface area contributed by atoms with Gasteiger partial charge >= 0.3 is 0 Å². The van der Waals surface area contributed by atoms with Crippen LogP contribution in [0.25, 0.3) is 0 Å². The van der Waals surface area contributed by atoms with E-state index >= 15 is 0 Å². The minimum absolute atomic E-state index is 0.335. The summed E-state index contributed by atoms with van der Waals surface area (Å²) in [6.07, 6.45) is -0.335. The highest BCUT2D eigenvalue weighted by molar-refractivity contribution is 5.56. The molecular weight excluding hydrogens is 164 g/mol. The lowest BCUT2D eigenvalue weighted by Gasteiger charge is -2.09. The molecule has 0 fully saturated rings. The molecule has 0 aliphatic carbocycles. The first kappa shape index (κ1) is 9.86. The van der Waals surface area contributed by atoms with E-state index in [-0.39, 0.29) is 6.10 Å². The molecule has 1 aromatic rings. The van der Waals surface area contributed by atoms with Gasteiger partial charge in [-0.15, -0.1) is 0 Å². The molecule has 0 radical (unpaired) electrons. The molecule has 0 spiro atoms. The summed E-state index contributed by atoms with van der Waals surface area (Å²) in [4.78, 5) is 0. The Morgan fingerprint density at radius 1 is 1.54 bits per heavy atom. The molecule has 0 amide bonds. The summed E-state index contributed by atoms with van der Waals surface area (Å²) < 4.78 is 0. The van der Waals surface area contributed by atoms with E-state index in [1.54, 1.807) is 6.92 Å². The van der Waals surface area contributed by atoms with Crippen molar-refractivity contribution in [3.05, 3.63) is 23.8 Å². The second-order valence-corrected chi connectivity index (χ2v) is 3.30. The van der Waals surface area contributed by atoms with Crippen LogP contribution in [0.4, 0.5) is 11.4 Å². The van der Waals surface area contributed by atoms with Crippen LogP contribution in [-0.2, 0) is 0 Å². The molecule has 0 saturated carbocycles. The highest BCUT2D eigenvalue weighted by Crippen LogP contribution is 2.16. The summed E-state index contributed by atoms with van der Waals surface area (Å²) >= 11 is 0. The standard InChI is InChI=1S/C10H16N2O/c1-7-5-9(3-4-10(7)11)12-6-8(2)13/h3-5,8,12-13H,6,11H2,1-2H3. The summed E-state index contributed by atoms with van der Waals surface area (Å²) in [6, 6.07) is 5.74. The topological polar surface area (TPSA) is 58.3 Å². The molecule has 3 heteroatoms. The van der Waals surface area contributed by atoms with E-state index in [2.05, 4.69) is 5.32 Å². The highest BCUT2D eigenvalue weighted by atomic mass is 16.3. The lowest BCUT2D eigenvalue weighted by atomic mass is 10.2. The van der Waals surface area contributed by atoms with Crippen LogP contribution in [0.1, 0.15) is 12.5 Å². The number of anilines is 2. The van der Waals surface area contributed by atoms with Crippen molar-refractivity contribution in [2.75, 3.05) is 17.6 Å². The smallest absolute Gasteiger partial charge is 0.0684 e. The maximum Gasteiger partial charge on any atom is 0.0684 e. The number of rotatable bonds is 3. The first-order valence-corrected chi connectivity index (χ1v) is 4.37. The fourth-order valence-corrected chi connectivity index (χ4v) is 1.05. The molecule has 72 valence electrons. The van der Waals surface area contributed by atoms with Crippen molar-refractivity contribution in [2.45, 2.75) is 20.0 Å². The average Bonchev–Trinajstić information content (AvgIpc) is 2.07. The van der Waals surface area contributed by atoms with E-state index in [0.29, 0.717) is 6.54 Å². The molecular formula is C10H16N2O. The van der Waals surface area contributed by atoms with E-state index in [0.717, 1.165) is 16.9 Å². The minimum atomic E-state index is -0.335. The van der Waals surface area contributed by atoms with Gasteiger partial charge in [0, 0.05) is 17.9 Å². The number of hydrogen-bond acceptors (Lipinski definition) is 3. The summed E-state index contributed by atoms with van der Waals surface area (Å²) in [7, 11) is 0. The number of nitrogens with one attached hydrogen (secondary N) is 1. The number of nitrogens with two attached hydrogens (primary N) is 1. The van der Waals surface area contributed by atoms with E-state index in [1.807, 2.05) is 25.1 Å². The average molecular weight is 180 g/mol. The van der Waals surface area contributed by atoms with Crippen molar-refractivity contribution < 1.29 is 5.11 Å². The van der Waals surface area contributed by atoms with Crippen LogP contribution in [0.2, 0.25) is 0 Å². The number of aliphatic hydroxyl groups is 1. The largest absolute Gasteiger partial charge is 0.399 e. The summed E-state index contributed by atoms with van der Waals surface area (Å²) in [6.45, 7) is 4.27. The normalized spacial score (nSPS) is 12.5. The molecule has 0 aliphatic rings. The van der Waals surface area contributed by atoms with E-state index in [1.165, 1.54) is 0 Å². The summed E-state index contributed by atoms with van der Waals surface area (Å²) in [5.74, 6) is 0. The Morgan fingerprint density at radius 2 is 2.23 bits per heavy atom. The zero-order valence-electron chi connectivity index (χ0n) is 8.04. The molecule has 0 saturated heterocycles. The zero-order chi connectivity index (χ0) is 9.84. The number of hydrogen-bond donors (Lipinski definition) is 3. The number of aliphatic hydroxyl groups excluding tert-OH is 1. The Kier molecular flexibility index (Phi) is 3.14. The molecule has 0 aromatic heterocycles. The quantitative estimate of drug-likeness (QED) is 0.616. The summed E-state index contributed by atoms with van der Waals surface area (Å²) in [5.41, 5.74) is 8.51. The van der Waals surface area contributed by atoms with Gasteiger partial charge in [-0.25, -0.2) is 0 Å². The molecule has 13 heavy (non-hydrogen) atoms. The van der Waals surface area contributed by atoms with Gasteiger partial charge in [-0.1, -0.05) is 0 Å². The van der Waals surface area contributed by atoms with Gasteiger partial charge in [0.25, 0.3) is 0 Å². The van der Waals surface area contributed by atoms with Gasteiger partial charge in [-0.3, -0.25) is 0 Å². The van der Waals surface area contributed by atoms with Crippen LogP contribution in [-0.4, -0.2) is 17.8 Å². The van der Waals surface area contributed by atoms with Crippen molar-refractivity contribution in [1.29, 1.82) is 0 Å². The Balaban J connectivity index is 2.63. The van der Waals surface area contributed by atoms with Crippen LogP contribution in [0.5, 0.6) is 0 Å². The van der Waals surface area contributed by atoms with E-state index < -0.39 is 0 Å². The van der Waals surface area contributed by atoms with Gasteiger partial charge in [0.15, 0.2) is 0 Å². The van der Waals surface area contributed by atoms with Gasteiger partial charge in [0.05, 0.1) is 6.10 Å². The molecule has 3 nitrogen and oxygen atoms in total. The first-order valence-electron chi connectivity index (χ1n) is 4.37. The maximum atomic E-state index is 9.05. The van der Waals surface area contributed by atoms with Crippen molar-refractivity contribution in [1.82, 2.24) is 0 Å². The van der Waals surface area contributed by atoms with Gasteiger partial charge < -0.3 is 16.2 Å². The lowest BCUT2D eigenvalue weighted by molar-refractivity contribution is 0.208. The van der Waals surface area contributed by atoms with Gasteiger partial charge in [0.1, 0.15) is 0 Å². The van der Waals surface area contributed by atoms with Crippen LogP contribution in [0, 0.1) is 6.92 Å². The Hall–Kier alpha value is -1.22. The number of aryl methyl sites for hydroxylation is 1. The van der Waals surface area contributed by atoms with Crippen LogP contribution < -0.4 is 11.1 Å². The molecule has 1 unspecified atom stereocenters. The fraction of sp³-hybridized carbons (Fsp3) is 0.400. The van der Waals surface area contributed by atoms with E-state index in [9.17, 15) is 0 Å². The third kappa shape index (κ3) is 2.95. The Bertz CT molecular complexity index is 284. The molecule has 1 atom stereocenters. The predicted molar refractivity (Wildman–Crippen MR) is 55.8 cm³/mol. The van der Waals surface area contributed by atoms with Crippen LogP contribution in [0.15, 0.2) is 18.2 Å². The minimum Gasteiger partial charge on any atom is -0.399 e. The van der Waals surface area contributed by atoms with Gasteiger partial charge in [-0.2, -0.15) is 0 Å². The van der Waals surface area contributed by atoms with Crippen LogP contribution in [0.3, 0.4) is 0 Å². The molecule has 1 rings (SSSR count). The van der Waals surface area contributed by atoms with Crippen molar-refractivity contribution in [3.8, 4) is 0 Å². The molecule has 1 aromatic carbocycles. The monoisotopic (exact) mass is 180 g/mol. The molecule has 4 N–H and O–H groups in total. The van der Waals surface area contributed by atoms with Crippen molar-refractivity contribution >= 4 is 11.4 Å². The van der Waals surface area contributed by atoms with E-state index in [4.69, 9.17) is 10.8 Å². The van der Waals surface area contributed by atoms with Crippen molar-refractivity contribution in [3.63, 3.8) is 0 Å². The SMILES string of the molecule is Cc1cc(NCC(C)O)ccc1N. The van der Waals surface area contributed by atoms with Crippen molar-refractivity contribution in [2.24, 2.45) is 0 Å². The summed E-state index contributed by atoms with van der Waals surface area (Å²) in [5, 5.41) is 12.2. The van der Waals surface area contributed by atoms with Crippen LogP contribution >= 0.6 is 0 Å². The first-order chi connectivity index (χ1) is 6.09. The molecule has 0 bridgehead atoms. The van der Waals surface area contributed by atoms with Gasteiger partial charge in [0.2, 0.25) is 0 Å². The third-order valence-corrected chi connectivity index (χ3v) is 1.87. The fourth-order valence-electron chi connectivity index (χ4n) is 1.05. The van der Waals surface area contributed by atoms with Gasteiger partial charge in [-0.05, 0) is 37.6 Å². The zero-order valence-corrected chi connectivity index (χ0v) is 8.04. The number of nitrogen functional groups attached to an aromatic ring is 1. The second kappa shape index (κ2) is 4.14. The Morgan fingerprint density at radius 3 is 2.77 bits per heavy atom. The third-order valence-electron chi connectivity index (χ3n) is 1.87. The highest BCUT2D eigenvalue weighted by Gasteiger charge is 1.97. The maximum absolute atomic E-state index is 9.05. The second-order valence-electron chi connectivity index (χ2n) is 3.30. The Labute approximate surface area is 78.6 Å². The molecule has 0 heterocycles. The lowest BCUT2D eigenvalue weighted by Crippen LogP contribution is -2.15.